The lowest BCUT2D eigenvalue weighted by atomic mass is 10.1. The molecule has 2 N–H and O–H groups in total. The molecule has 2 aromatic rings. The number of rotatable bonds is 7. The monoisotopic (exact) mass is 448 g/mol. The van der Waals surface area contributed by atoms with Crippen LogP contribution in [0.2, 0.25) is 5.02 Å². The summed E-state index contributed by atoms with van der Waals surface area (Å²) >= 11 is 6.12. The van der Waals surface area contributed by atoms with E-state index in [0.717, 1.165) is 53.9 Å². The van der Waals surface area contributed by atoms with Gasteiger partial charge in [-0.25, -0.2) is 13.4 Å². The Balaban J connectivity index is 1.58. The molecule has 2 aromatic carbocycles. The number of anilines is 1. The Labute approximate surface area is 184 Å². The second-order valence-corrected chi connectivity index (χ2v) is 10.2. The van der Waals surface area contributed by atoms with Gasteiger partial charge in [-0.1, -0.05) is 41.9 Å². The van der Waals surface area contributed by atoms with Crippen molar-refractivity contribution < 1.29 is 8.42 Å². The molecule has 0 amide bonds. The Morgan fingerprint density at radius 2 is 1.93 bits per heavy atom. The molecule has 3 rings (SSSR count). The van der Waals surface area contributed by atoms with Crippen LogP contribution in [0.4, 0.5) is 5.69 Å². The van der Waals surface area contributed by atoms with Crippen molar-refractivity contribution in [2.24, 2.45) is 4.99 Å². The molecule has 0 aliphatic carbocycles. The minimum Gasteiger partial charge on any atom is -0.369 e. The molecular weight excluding hydrogens is 420 g/mol. The summed E-state index contributed by atoms with van der Waals surface area (Å²) in [6, 6.07) is 15.8. The highest BCUT2D eigenvalue weighted by atomic mass is 35.5. The molecule has 6 nitrogen and oxygen atoms in total. The van der Waals surface area contributed by atoms with E-state index in [4.69, 9.17) is 16.6 Å². The molecule has 0 spiro atoms. The number of guanidine groups is 1. The number of halogens is 1. The maximum atomic E-state index is 11.4. The SMILES string of the molecule is CCNC(=NCc1ccc(CS(C)(=O)=O)cc1)NC1CCN(c2cccc(Cl)c2)C1. The fourth-order valence-corrected chi connectivity index (χ4v) is 4.50. The predicted octanol–water partition coefficient (Wildman–Crippen LogP) is 3.22. The van der Waals surface area contributed by atoms with Gasteiger partial charge in [0.05, 0.1) is 12.3 Å². The fourth-order valence-electron chi connectivity index (χ4n) is 3.51. The molecule has 30 heavy (non-hydrogen) atoms. The molecule has 0 radical (unpaired) electrons. The van der Waals surface area contributed by atoms with Crippen molar-refractivity contribution in [2.75, 3.05) is 30.8 Å². The first kappa shape index (κ1) is 22.4. The number of nitrogens with zero attached hydrogens (tertiary/aromatic N) is 2. The van der Waals surface area contributed by atoms with Crippen molar-refractivity contribution in [3.8, 4) is 0 Å². The van der Waals surface area contributed by atoms with Gasteiger partial charge in [-0.05, 0) is 42.7 Å². The van der Waals surface area contributed by atoms with Crippen molar-refractivity contribution >= 4 is 33.1 Å². The van der Waals surface area contributed by atoms with E-state index in [0.29, 0.717) is 12.6 Å². The Kier molecular flexibility index (Phi) is 7.61. The third-order valence-corrected chi connectivity index (χ3v) is 6.01. The van der Waals surface area contributed by atoms with E-state index < -0.39 is 9.84 Å². The third kappa shape index (κ3) is 6.92. The van der Waals surface area contributed by atoms with Gasteiger partial charge in [-0.2, -0.15) is 0 Å². The number of sulfone groups is 1. The average molecular weight is 449 g/mol. The minimum atomic E-state index is -3.02. The highest BCUT2D eigenvalue weighted by molar-refractivity contribution is 7.89. The average Bonchev–Trinajstić information content (AvgIpc) is 3.15. The summed E-state index contributed by atoms with van der Waals surface area (Å²) in [5.74, 6) is 0.849. The standard InChI is InChI=1S/C22H29ClN4O2S/c1-3-24-22(25-14-17-7-9-18(10-8-17)16-30(2,28)29)26-20-11-12-27(15-20)21-6-4-5-19(23)13-21/h4-10,13,20H,3,11-12,14-16H2,1-2H3,(H2,24,25,26). The Morgan fingerprint density at radius 3 is 2.60 bits per heavy atom. The van der Waals surface area contributed by atoms with Crippen LogP contribution in [0.1, 0.15) is 24.5 Å². The van der Waals surface area contributed by atoms with Gasteiger partial charge in [0.15, 0.2) is 15.8 Å². The highest BCUT2D eigenvalue weighted by Gasteiger charge is 2.23. The maximum Gasteiger partial charge on any atom is 0.191 e. The van der Waals surface area contributed by atoms with E-state index in [-0.39, 0.29) is 5.75 Å². The first-order valence-corrected chi connectivity index (χ1v) is 12.6. The van der Waals surface area contributed by atoms with Crippen LogP contribution in [0, 0.1) is 0 Å². The van der Waals surface area contributed by atoms with Gasteiger partial charge in [-0.15, -0.1) is 0 Å². The quantitative estimate of drug-likeness (QED) is 0.502. The van der Waals surface area contributed by atoms with Crippen molar-refractivity contribution in [1.82, 2.24) is 10.6 Å². The van der Waals surface area contributed by atoms with Gasteiger partial charge in [0.2, 0.25) is 0 Å². The topological polar surface area (TPSA) is 73.8 Å². The van der Waals surface area contributed by atoms with Crippen LogP contribution >= 0.6 is 11.6 Å². The molecule has 1 aliphatic rings. The summed E-state index contributed by atoms with van der Waals surface area (Å²) in [5.41, 5.74) is 2.97. The number of aliphatic imine (C=N–C) groups is 1. The molecule has 0 bridgehead atoms. The summed E-state index contributed by atoms with van der Waals surface area (Å²) < 4.78 is 22.8. The van der Waals surface area contributed by atoms with Crippen molar-refractivity contribution in [3.05, 3.63) is 64.7 Å². The van der Waals surface area contributed by atoms with Crippen LogP contribution < -0.4 is 15.5 Å². The van der Waals surface area contributed by atoms with E-state index >= 15 is 0 Å². The molecule has 1 fully saturated rings. The lowest BCUT2D eigenvalue weighted by Gasteiger charge is -2.20. The smallest absolute Gasteiger partial charge is 0.191 e. The number of nitrogens with one attached hydrogen (secondary N) is 2. The zero-order chi connectivity index (χ0) is 21.6. The Hall–Kier alpha value is -2.25. The second kappa shape index (κ2) is 10.2. The van der Waals surface area contributed by atoms with Crippen molar-refractivity contribution in [2.45, 2.75) is 31.7 Å². The summed E-state index contributed by atoms with van der Waals surface area (Å²) in [4.78, 5) is 7.03. The number of hydrogen-bond acceptors (Lipinski definition) is 4. The summed E-state index contributed by atoms with van der Waals surface area (Å²) in [6.45, 7) is 5.22. The molecule has 0 aromatic heterocycles. The van der Waals surface area contributed by atoms with Gasteiger partial charge >= 0.3 is 0 Å². The summed E-state index contributed by atoms with van der Waals surface area (Å²) in [6.07, 6.45) is 2.27. The zero-order valence-corrected chi connectivity index (χ0v) is 19.0. The summed E-state index contributed by atoms with van der Waals surface area (Å²) in [5, 5.41) is 7.59. The fraction of sp³-hybridized carbons (Fsp3) is 0.409. The predicted molar refractivity (Wildman–Crippen MR) is 125 cm³/mol. The first-order chi connectivity index (χ1) is 14.3. The van der Waals surface area contributed by atoms with Gasteiger partial charge < -0.3 is 15.5 Å². The molecule has 8 heteroatoms. The lowest BCUT2D eigenvalue weighted by molar-refractivity contribution is 0.601. The van der Waals surface area contributed by atoms with E-state index in [1.165, 1.54) is 6.26 Å². The van der Waals surface area contributed by atoms with Gasteiger partial charge in [0.25, 0.3) is 0 Å². The lowest BCUT2D eigenvalue weighted by Crippen LogP contribution is -2.44. The maximum absolute atomic E-state index is 11.4. The van der Waals surface area contributed by atoms with Crippen LogP contribution in [0.5, 0.6) is 0 Å². The Bertz CT molecular complexity index is 977. The number of benzene rings is 2. The number of hydrogen-bond donors (Lipinski definition) is 2. The van der Waals surface area contributed by atoms with Crippen molar-refractivity contribution in [3.63, 3.8) is 0 Å². The summed E-state index contributed by atoms with van der Waals surface area (Å²) in [7, 11) is -3.02. The Morgan fingerprint density at radius 1 is 1.20 bits per heavy atom. The van der Waals surface area contributed by atoms with E-state index in [9.17, 15) is 8.42 Å². The van der Waals surface area contributed by atoms with Crippen LogP contribution in [0.25, 0.3) is 0 Å². The normalized spacial score (nSPS) is 17.2. The van der Waals surface area contributed by atoms with E-state index in [1.54, 1.807) is 0 Å². The van der Waals surface area contributed by atoms with Crippen LogP contribution in [0.15, 0.2) is 53.5 Å². The van der Waals surface area contributed by atoms with E-state index in [2.05, 4.69) is 21.6 Å². The van der Waals surface area contributed by atoms with Gasteiger partial charge in [-0.3, -0.25) is 0 Å². The molecular formula is C22H29ClN4O2S. The zero-order valence-electron chi connectivity index (χ0n) is 17.4. The first-order valence-electron chi connectivity index (χ1n) is 10.1. The largest absolute Gasteiger partial charge is 0.369 e. The third-order valence-electron chi connectivity index (χ3n) is 4.92. The van der Waals surface area contributed by atoms with Gasteiger partial charge in [0, 0.05) is 42.6 Å². The van der Waals surface area contributed by atoms with Crippen LogP contribution in [0.3, 0.4) is 0 Å². The van der Waals surface area contributed by atoms with Crippen LogP contribution in [-0.4, -0.2) is 46.3 Å². The molecule has 1 atom stereocenters. The minimum absolute atomic E-state index is 0.0611. The second-order valence-electron chi connectivity index (χ2n) is 7.64. The van der Waals surface area contributed by atoms with Gasteiger partial charge in [0.1, 0.15) is 0 Å². The molecule has 1 heterocycles. The molecule has 0 saturated carbocycles. The van der Waals surface area contributed by atoms with Crippen LogP contribution in [-0.2, 0) is 22.1 Å². The van der Waals surface area contributed by atoms with E-state index in [1.807, 2.05) is 49.4 Å². The molecule has 162 valence electrons. The highest BCUT2D eigenvalue weighted by Crippen LogP contribution is 2.23. The molecule has 1 saturated heterocycles. The molecule has 1 aliphatic heterocycles. The van der Waals surface area contributed by atoms with Crippen molar-refractivity contribution in [1.29, 1.82) is 0 Å². The molecule has 1 unspecified atom stereocenters.